The minimum atomic E-state index is -1.12. The molecule has 148 valence electrons. The third-order valence-electron chi connectivity index (χ3n) is 4.02. The summed E-state index contributed by atoms with van der Waals surface area (Å²) in [6, 6.07) is 9.66. The molecule has 1 N–H and O–H groups in total. The van der Waals surface area contributed by atoms with Crippen LogP contribution in [-0.4, -0.2) is 41.9 Å². The predicted molar refractivity (Wildman–Crippen MR) is 100 cm³/mol. The first kappa shape index (κ1) is 20.8. The number of nitro groups is 1. The lowest BCUT2D eigenvalue weighted by atomic mass is 10.1. The van der Waals surface area contributed by atoms with E-state index in [1.165, 1.54) is 56.3 Å². The van der Waals surface area contributed by atoms with Crippen molar-refractivity contribution >= 4 is 23.3 Å². The monoisotopic (exact) mass is 389 g/mol. The predicted octanol–water partition coefficient (Wildman–Crippen LogP) is 2.98. The number of rotatable bonds is 7. The topological polar surface area (TPSA) is 102 Å². The normalized spacial score (nSPS) is 11.4. The van der Waals surface area contributed by atoms with E-state index in [-0.39, 0.29) is 23.5 Å². The van der Waals surface area contributed by atoms with Gasteiger partial charge in [-0.1, -0.05) is 12.1 Å². The van der Waals surface area contributed by atoms with Gasteiger partial charge in [0.1, 0.15) is 11.5 Å². The van der Waals surface area contributed by atoms with Gasteiger partial charge < -0.3 is 15.0 Å². The van der Waals surface area contributed by atoms with Gasteiger partial charge in [0.2, 0.25) is 0 Å². The number of nitro benzene ring substituents is 1. The highest BCUT2D eigenvalue weighted by Crippen LogP contribution is 2.25. The Balaban J connectivity index is 2.05. The summed E-state index contributed by atoms with van der Waals surface area (Å²) in [7, 11) is 3.03. The van der Waals surface area contributed by atoms with Crippen molar-refractivity contribution in [2.75, 3.05) is 19.4 Å². The van der Waals surface area contributed by atoms with Gasteiger partial charge in [-0.25, -0.2) is 9.18 Å². The number of likely N-dealkylation sites (N-methyl/N-ethyl adjacent to an activating group) is 1. The number of anilines is 1. The van der Waals surface area contributed by atoms with Crippen LogP contribution in [0, 0.1) is 15.9 Å². The lowest BCUT2D eigenvalue weighted by Gasteiger charge is -2.21. The van der Waals surface area contributed by atoms with Crippen molar-refractivity contribution < 1.29 is 23.6 Å². The van der Waals surface area contributed by atoms with Crippen LogP contribution in [0.3, 0.4) is 0 Å². The second-order valence-corrected chi connectivity index (χ2v) is 6.11. The van der Waals surface area contributed by atoms with Crippen LogP contribution < -0.4 is 5.32 Å². The van der Waals surface area contributed by atoms with E-state index in [1.54, 1.807) is 6.07 Å². The lowest BCUT2D eigenvalue weighted by Crippen LogP contribution is -2.37. The van der Waals surface area contributed by atoms with Crippen molar-refractivity contribution in [2.24, 2.45) is 0 Å². The first-order valence-corrected chi connectivity index (χ1v) is 8.39. The van der Waals surface area contributed by atoms with E-state index < -0.39 is 28.7 Å². The molecule has 1 unspecified atom stereocenters. The zero-order chi connectivity index (χ0) is 20.8. The summed E-state index contributed by atoms with van der Waals surface area (Å²) in [5.74, 6) is -1.76. The fourth-order valence-electron chi connectivity index (χ4n) is 2.60. The van der Waals surface area contributed by atoms with Gasteiger partial charge >= 0.3 is 5.97 Å². The molecule has 9 heteroatoms. The number of nitrogens with one attached hydrogen (secondary N) is 1. The van der Waals surface area contributed by atoms with Crippen molar-refractivity contribution in [3.63, 3.8) is 0 Å². The van der Waals surface area contributed by atoms with Crippen LogP contribution >= 0.6 is 0 Å². The average Bonchev–Trinajstić information content (AvgIpc) is 2.66. The van der Waals surface area contributed by atoms with Crippen molar-refractivity contribution in [1.82, 2.24) is 4.90 Å². The number of hydrogen-bond acceptors (Lipinski definition) is 6. The Hall–Kier alpha value is -3.49. The van der Waals surface area contributed by atoms with Gasteiger partial charge in [0, 0.05) is 26.7 Å². The third kappa shape index (κ3) is 5.03. The number of carbonyl (C=O) groups is 2. The maximum atomic E-state index is 13.3. The summed E-state index contributed by atoms with van der Waals surface area (Å²) >= 11 is 0. The van der Waals surface area contributed by atoms with Crippen molar-refractivity contribution in [3.8, 4) is 0 Å². The molecule has 0 heterocycles. The fraction of sp³-hybridized carbons (Fsp3) is 0.263. The molecule has 0 aliphatic heterocycles. The molecule has 0 aliphatic rings. The fourth-order valence-corrected chi connectivity index (χ4v) is 2.60. The van der Waals surface area contributed by atoms with E-state index in [4.69, 9.17) is 4.74 Å². The summed E-state index contributed by atoms with van der Waals surface area (Å²) in [4.78, 5) is 36.5. The minimum Gasteiger partial charge on any atom is -0.449 e. The Morgan fingerprint density at radius 1 is 1.29 bits per heavy atom. The summed E-state index contributed by atoms with van der Waals surface area (Å²) in [6.07, 6.45) is -1.12. The molecule has 1 amide bonds. The average molecular weight is 389 g/mol. The molecule has 0 bridgehead atoms. The Morgan fingerprint density at radius 3 is 2.61 bits per heavy atom. The Bertz CT molecular complexity index is 903. The van der Waals surface area contributed by atoms with Crippen LogP contribution in [-0.2, 0) is 16.1 Å². The Labute approximate surface area is 161 Å². The van der Waals surface area contributed by atoms with Gasteiger partial charge in [0.15, 0.2) is 6.10 Å². The molecule has 2 rings (SSSR count). The number of esters is 1. The van der Waals surface area contributed by atoms with Crippen LogP contribution in [0.25, 0.3) is 0 Å². The molecule has 0 aliphatic carbocycles. The third-order valence-corrected chi connectivity index (χ3v) is 4.02. The number of nitrogens with zero attached hydrogens (tertiary/aromatic N) is 2. The maximum absolute atomic E-state index is 13.3. The number of hydrogen-bond donors (Lipinski definition) is 1. The van der Waals surface area contributed by atoms with Gasteiger partial charge in [0.25, 0.3) is 11.6 Å². The number of halogens is 1. The smallest absolute Gasteiger partial charge is 0.339 e. The summed E-state index contributed by atoms with van der Waals surface area (Å²) in [6.45, 7) is 1.54. The lowest BCUT2D eigenvalue weighted by molar-refractivity contribution is -0.384. The van der Waals surface area contributed by atoms with Crippen molar-refractivity contribution in [1.29, 1.82) is 0 Å². The zero-order valence-corrected chi connectivity index (χ0v) is 15.6. The molecule has 0 saturated carbocycles. The molecule has 1 atom stereocenters. The highest BCUT2D eigenvalue weighted by Gasteiger charge is 2.24. The molecule has 0 fully saturated rings. The van der Waals surface area contributed by atoms with Crippen LogP contribution in [0.1, 0.15) is 22.8 Å². The number of carbonyl (C=O) groups excluding carboxylic acids is 2. The molecular weight excluding hydrogens is 369 g/mol. The van der Waals surface area contributed by atoms with Gasteiger partial charge in [-0.15, -0.1) is 0 Å². The van der Waals surface area contributed by atoms with E-state index >= 15 is 0 Å². The van der Waals surface area contributed by atoms with Crippen molar-refractivity contribution in [2.45, 2.75) is 19.6 Å². The van der Waals surface area contributed by atoms with Crippen LogP contribution in [0.2, 0.25) is 0 Å². The molecule has 0 spiro atoms. The van der Waals surface area contributed by atoms with Crippen molar-refractivity contribution in [3.05, 3.63) is 69.5 Å². The highest BCUT2D eigenvalue weighted by molar-refractivity contribution is 5.93. The van der Waals surface area contributed by atoms with E-state index in [0.717, 1.165) is 6.07 Å². The molecule has 2 aromatic rings. The molecule has 8 nitrogen and oxygen atoms in total. The molecule has 0 aromatic heterocycles. The van der Waals surface area contributed by atoms with Gasteiger partial charge in [-0.3, -0.25) is 14.9 Å². The molecule has 0 saturated heterocycles. The highest BCUT2D eigenvalue weighted by atomic mass is 19.1. The van der Waals surface area contributed by atoms with Gasteiger partial charge in [0.05, 0.1) is 10.5 Å². The maximum Gasteiger partial charge on any atom is 0.339 e. The van der Waals surface area contributed by atoms with E-state index in [2.05, 4.69) is 5.32 Å². The molecular formula is C19H20FN3O5. The molecule has 2 aromatic carbocycles. The second kappa shape index (κ2) is 8.94. The number of ether oxygens (including phenoxy) is 1. The van der Waals surface area contributed by atoms with Crippen LogP contribution in [0.4, 0.5) is 15.8 Å². The standard InChI is InChI=1S/C19H20FN3O5/c1-12(18(24)22(3)11-13-5-4-6-15(20)9-13)28-19(25)14-7-8-16(21-2)17(10-14)23(26)27/h4-10,12,21H,11H2,1-3H3. The number of benzene rings is 2. The SMILES string of the molecule is CNc1ccc(C(=O)OC(C)C(=O)N(C)Cc2cccc(F)c2)cc1[N+](=O)[O-]. The van der Waals surface area contributed by atoms with Crippen LogP contribution in [0.5, 0.6) is 0 Å². The Kier molecular flexibility index (Phi) is 6.64. The first-order valence-electron chi connectivity index (χ1n) is 8.39. The molecule has 0 radical (unpaired) electrons. The second-order valence-electron chi connectivity index (χ2n) is 6.11. The first-order chi connectivity index (χ1) is 13.2. The minimum absolute atomic E-state index is 0.0434. The van der Waals surface area contributed by atoms with Gasteiger partial charge in [-0.2, -0.15) is 0 Å². The summed E-state index contributed by atoms with van der Waals surface area (Å²) in [5.41, 5.74) is 0.519. The van der Waals surface area contributed by atoms with E-state index in [0.29, 0.717) is 5.56 Å². The van der Waals surface area contributed by atoms with Gasteiger partial charge in [-0.05, 0) is 36.8 Å². The Morgan fingerprint density at radius 2 is 2.00 bits per heavy atom. The number of amides is 1. The van der Waals surface area contributed by atoms with E-state index in [9.17, 15) is 24.1 Å². The quantitative estimate of drug-likeness (QED) is 0.444. The molecule has 28 heavy (non-hydrogen) atoms. The summed E-state index contributed by atoms with van der Waals surface area (Å²) < 4.78 is 18.4. The summed E-state index contributed by atoms with van der Waals surface area (Å²) in [5, 5.41) is 13.8. The van der Waals surface area contributed by atoms with E-state index in [1.807, 2.05) is 0 Å². The largest absolute Gasteiger partial charge is 0.449 e. The zero-order valence-electron chi connectivity index (χ0n) is 15.6. The van der Waals surface area contributed by atoms with Crippen LogP contribution in [0.15, 0.2) is 42.5 Å².